The molecule has 2 aromatic carbocycles. The number of rotatable bonds is 2. The fourth-order valence-electron chi connectivity index (χ4n) is 6.07. The van der Waals surface area contributed by atoms with Crippen molar-refractivity contribution in [1.29, 1.82) is 5.26 Å². The molecule has 6 nitrogen and oxygen atoms in total. The third-order valence-electron chi connectivity index (χ3n) is 7.55. The van der Waals surface area contributed by atoms with Crippen molar-refractivity contribution >= 4 is 28.9 Å². The van der Waals surface area contributed by atoms with Crippen LogP contribution in [0.3, 0.4) is 0 Å². The van der Waals surface area contributed by atoms with Gasteiger partial charge in [-0.1, -0.05) is 30.3 Å². The van der Waals surface area contributed by atoms with Crippen LogP contribution in [0.5, 0.6) is 0 Å². The molecular weight excluding hydrogens is 493 g/mol. The van der Waals surface area contributed by atoms with E-state index in [-0.39, 0.29) is 41.3 Å². The zero-order valence-corrected chi connectivity index (χ0v) is 20.3. The van der Waals surface area contributed by atoms with Gasteiger partial charge >= 0.3 is 6.18 Å². The Balaban J connectivity index is 1.81. The molecule has 6 rings (SSSR count). The van der Waals surface area contributed by atoms with Crippen LogP contribution >= 0.6 is 0 Å². The Morgan fingerprint density at radius 1 is 0.921 bits per heavy atom. The predicted molar refractivity (Wildman–Crippen MR) is 135 cm³/mol. The third kappa shape index (κ3) is 3.00. The summed E-state index contributed by atoms with van der Waals surface area (Å²) in [5.74, 6) is -0.731. The Kier molecular flexibility index (Phi) is 5.14. The highest BCUT2D eigenvalue weighted by atomic mass is 19.4. The van der Waals surface area contributed by atoms with E-state index in [1.807, 2.05) is 0 Å². The van der Waals surface area contributed by atoms with Crippen molar-refractivity contribution in [3.63, 3.8) is 0 Å². The first kappa shape index (κ1) is 23.8. The zero-order valence-electron chi connectivity index (χ0n) is 20.3. The maximum atomic E-state index is 14.3. The Morgan fingerprint density at radius 2 is 1.58 bits per heavy atom. The van der Waals surface area contributed by atoms with Crippen molar-refractivity contribution < 1.29 is 22.8 Å². The summed E-state index contributed by atoms with van der Waals surface area (Å²) in [5.41, 5.74) is -1.57. The SMILES string of the molecule is CN1C(=O)[C@@]2(C(C#N)=C(n3cccc3)N(c3ccccc3C(F)(F)F)C3=C2C(=O)CCC3)c2ccccc21. The van der Waals surface area contributed by atoms with E-state index in [0.717, 1.165) is 6.07 Å². The smallest absolute Gasteiger partial charge is 0.314 e. The molecule has 190 valence electrons. The van der Waals surface area contributed by atoms with Gasteiger partial charge in [0.05, 0.1) is 16.8 Å². The number of benzene rings is 2. The van der Waals surface area contributed by atoms with E-state index >= 15 is 0 Å². The second-order valence-corrected chi connectivity index (χ2v) is 9.48. The summed E-state index contributed by atoms with van der Waals surface area (Å²) in [6.07, 6.45) is -0.659. The molecule has 1 aliphatic carbocycles. The van der Waals surface area contributed by atoms with Crippen molar-refractivity contribution in [2.45, 2.75) is 30.9 Å². The number of carbonyl (C=O) groups is 2. The predicted octanol–water partition coefficient (Wildman–Crippen LogP) is 5.64. The third-order valence-corrected chi connectivity index (χ3v) is 7.55. The fourth-order valence-corrected chi connectivity index (χ4v) is 6.07. The van der Waals surface area contributed by atoms with E-state index in [4.69, 9.17) is 0 Å². The van der Waals surface area contributed by atoms with Crippen LogP contribution in [-0.4, -0.2) is 23.3 Å². The lowest BCUT2D eigenvalue weighted by Gasteiger charge is -2.45. The molecule has 9 heteroatoms. The Hall–Kier alpha value is -4.58. The topological polar surface area (TPSA) is 69.3 Å². The number of halogens is 3. The van der Waals surface area contributed by atoms with Crippen LogP contribution in [0.15, 0.2) is 89.9 Å². The quantitative estimate of drug-likeness (QED) is 0.444. The van der Waals surface area contributed by atoms with Gasteiger partial charge in [-0.3, -0.25) is 14.5 Å². The first-order valence-electron chi connectivity index (χ1n) is 12.1. The molecule has 3 heterocycles. The molecule has 3 aliphatic rings. The molecule has 2 aliphatic heterocycles. The number of amides is 1. The highest BCUT2D eigenvalue weighted by Gasteiger charge is 2.62. The number of carbonyl (C=O) groups excluding carboxylic acids is 2. The van der Waals surface area contributed by atoms with Crippen LogP contribution in [-0.2, 0) is 21.2 Å². The van der Waals surface area contributed by atoms with E-state index in [9.17, 15) is 28.0 Å². The van der Waals surface area contributed by atoms with Gasteiger partial charge in [0.25, 0.3) is 0 Å². The maximum Gasteiger partial charge on any atom is 0.418 e. The van der Waals surface area contributed by atoms with E-state index in [1.165, 1.54) is 28.0 Å². The second-order valence-electron chi connectivity index (χ2n) is 9.48. The molecule has 0 radical (unpaired) electrons. The summed E-state index contributed by atoms with van der Waals surface area (Å²) in [6, 6.07) is 17.6. The molecule has 0 N–H and O–H groups in total. The van der Waals surface area contributed by atoms with Crippen molar-refractivity contribution in [1.82, 2.24) is 4.57 Å². The number of para-hydroxylation sites is 2. The van der Waals surface area contributed by atoms with E-state index in [0.29, 0.717) is 23.4 Å². The first-order valence-corrected chi connectivity index (χ1v) is 12.1. The van der Waals surface area contributed by atoms with E-state index in [2.05, 4.69) is 6.07 Å². The number of nitrogens with zero attached hydrogens (tertiary/aromatic N) is 4. The Labute approximate surface area is 216 Å². The number of Topliss-reactive ketones (excluding diaryl/α,β-unsaturated/α-hetero) is 1. The number of ketones is 1. The summed E-state index contributed by atoms with van der Waals surface area (Å²) in [6.45, 7) is 0. The lowest BCUT2D eigenvalue weighted by Crippen LogP contribution is -2.51. The van der Waals surface area contributed by atoms with Gasteiger partial charge in [0.2, 0.25) is 5.91 Å². The molecular formula is C29H21F3N4O2. The van der Waals surface area contributed by atoms with Crippen LogP contribution in [0.4, 0.5) is 24.5 Å². The van der Waals surface area contributed by atoms with Gasteiger partial charge in [-0.05, 0) is 43.2 Å². The average molecular weight is 515 g/mol. The number of alkyl halides is 3. The van der Waals surface area contributed by atoms with Crippen molar-refractivity contribution in [3.8, 4) is 6.07 Å². The number of nitriles is 1. The van der Waals surface area contributed by atoms with Crippen LogP contribution in [0.2, 0.25) is 0 Å². The largest absolute Gasteiger partial charge is 0.418 e. The number of aromatic nitrogens is 1. The minimum Gasteiger partial charge on any atom is -0.314 e. The van der Waals surface area contributed by atoms with Crippen LogP contribution in [0, 0.1) is 11.3 Å². The molecule has 0 saturated heterocycles. The number of allylic oxidation sites excluding steroid dienone is 1. The number of hydrogen-bond acceptors (Lipinski definition) is 4. The first-order chi connectivity index (χ1) is 18.2. The van der Waals surface area contributed by atoms with Crippen LogP contribution < -0.4 is 9.80 Å². The average Bonchev–Trinajstić information content (AvgIpc) is 3.51. The Bertz CT molecular complexity index is 1610. The molecule has 1 aromatic heterocycles. The normalized spacial score (nSPS) is 21.2. The second kappa shape index (κ2) is 8.21. The molecule has 0 bridgehead atoms. The fraction of sp³-hybridized carbons (Fsp3) is 0.207. The summed E-state index contributed by atoms with van der Waals surface area (Å²) in [4.78, 5) is 30.8. The summed E-state index contributed by atoms with van der Waals surface area (Å²) in [7, 11) is 1.58. The van der Waals surface area contributed by atoms with E-state index < -0.39 is 23.1 Å². The van der Waals surface area contributed by atoms with E-state index in [1.54, 1.807) is 60.4 Å². The molecule has 1 atom stereocenters. The zero-order chi connectivity index (χ0) is 26.8. The monoisotopic (exact) mass is 514 g/mol. The van der Waals surface area contributed by atoms with Crippen LogP contribution in [0.25, 0.3) is 5.82 Å². The van der Waals surface area contributed by atoms with Gasteiger partial charge in [0, 0.05) is 48.4 Å². The number of fused-ring (bicyclic) bond motifs is 3. The highest BCUT2D eigenvalue weighted by molar-refractivity contribution is 6.21. The van der Waals surface area contributed by atoms with Crippen molar-refractivity contribution in [3.05, 3.63) is 101 Å². The van der Waals surface area contributed by atoms with Gasteiger partial charge < -0.3 is 9.47 Å². The highest BCUT2D eigenvalue weighted by Crippen LogP contribution is 2.58. The molecule has 3 aromatic rings. The van der Waals surface area contributed by atoms with Gasteiger partial charge in [0.1, 0.15) is 17.3 Å². The number of likely N-dealkylation sites (N-methyl/N-ethyl adjacent to an activating group) is 1. The van der Waals surface area contributed by atoms with Crippen LogP contribution in [0.1, 0.15) is 30.4 Å². The minimum absolute atomic E-state index is 0.0787. The molecule has 1 amide bonds. The summed E-state index contributed by atoms with van der Waals surface area (Å²) < 4.78 is 44.4. The summed E-state index contributed by atoms with van der Waals surface area (Å²) >= 11 is 0. The minimum atomic E-state index is -4.70. The van der Waals surface area contributed by atoms with Gasteiger partial charge in [0.15, 0.2) is 5.78 Å². The lowest BCUT2D eigenvalue weighted by molar-refractivity contribution is -0.137. The van der Waals surface area contributed by atoms with Crippen molar-refractivity contribution in [2.75, 3.05) is 16.8 Å². The number of anilines is 2. The molecule has 0 unspecified atom stereocenters. The lowest BCUT2D eigenvalue weighted by atomic mass is 9.63. The van der Waals surface area contributed by atoms with Gasteiger partial charge in [-0.2, -0.15) is 18.4 Å². The van der Waals surface area contributed by atoms with Crippen molar-refractivity contribution in [2.24, 2.45) is 0 Å². The van der Waals surface area contributed by atoms with Gasteiger partial charge in [-0.15, -0.1) is 0 Å². The maximum absolute atomic E-state index is 14.3. The molecule has 0 fully saturated rings. The van der Waals surface area contributed by atoms with Gasteiger partial charge in [-0.25, -0.2) is 0 Å². The molecule has 1 spiro atoms. The number of hydrogen-bond donors (Lipinski definition) is 0. The summed E-state index contributed by atoms with van der Waals surface area (Å²) in [5, 5.41) is 10.7. The Morgan fingerprint density at radius 3 is 2.26 bits per heavy atom. The standard InChI is InChI=1S/C29H21F3N4O2/c1-34-21-11-4-2-9-18(21)28(27(34)38)20(17-33)26(35-15-6-7-16-35)36(23-13-8-14-24(37)25(23)28)22-12-5-3-10-19(22)29(30,31)32/h2-7,9-12,15-16H,8,13-14H2,1H3/t28-/m1/s1. The molecule has 0 saturated carbocycles. The molecule has 38 heavy (non-hydrogen) atoms.